The molecule has 1 N–H and O–H groups in total. The summed E-state index contributed by atoms with van der Waals surface area (Å²) in [5.74, 6) is 1.18. The van der Waals surface area contributed by atoms with Crippen molar-refractivity contribution >= 4 is 23.3 Å². The lowest BCUT2D eigenvalue weighted by atomic mass is 9.79. The number of methoxy groups -OCH3 is 2. The number of thiocarbonyl (C=S) groups is 1. The lowest BCUT2D eigenvalue weighted by molar-refractivity contribution is -0.176. The van der Waals surface area contributed by atoms with Crippen LogP contribution in [0.4, 0.5) is 0 Å². The van der Waals surface area contributed by atoms with Crippen LogP contribution in [0.1, 0.15) is 31.0 Å². The van der Waals surface area contributed by atoms with Crippen molar-refractivity contribution in [2.75, 3.05) is 20.8 Å². The second kappa shape index (κ2) is 8.26. The van der Waals surface area contributed by atoms with E-state index in [1.807, 2.05) is 54.3 Å². The van der Waals surface area contributed by atoms with Crippen molar-refractivity contribution in [2.24, 2.45) is 5.92 Å². The van der Waals surface area contributed by atoms with Crippen molar-refractivity contribution < 1.29 is 23.7 Å². The Morgan fingerprint density at radius 1 is 1.16 bits per heavy atom. The van der Waals surface area contributed by atoms with Gasteiger partial charge in [0, 0.05) is 12.1 Å². The Balaban J connectivity index is 1.76. The van der Waals surface area contributed by atoms with E-state index in [2.05, 4.69) is 5.32 Å². The summed E-state index contributed by atoms with van der Waals surface area (Å²) >= 11 is 5.72. The number of rotatable bonds is 6. The van der Waals surface area contributed by atoms with Crippen LogP contribution in [0.2, 0.25) is 0 Å². The number of carbonyl (C=O) groups is 1. The number of benzene rings is 2. The zero-order valence-corrected chi connectivity index (χ0v) is 18.8. The topological polar surface area (TPSA) is 69.3 Å². The molecule has 2 bridgehead atoms. The molecule has 0 unspecified atom stereocenters. The summed E-state index contributed by atoms with van der Waals surface area (Å²) in [5, 5.41) is 3.87. The van der Waals surface area contributed by atoms with Crippen LogP contribution in [0.15, 0.2) is 42.5 Å². The van der Waals surface area contributed by atoms with E-state index in [0.29, 0.717) is 23.2 Å². The van der Waals surface area contributed by atoms with Gasteiger partial charge in [-0.05, 0) is 62.0 Å². The molecule has 31 heavy (non-hydrogen) atoms. The van der Waals surface area contributed by atoms with Gasteiger partial charge in [-0.1, -0.05) is 12.1 Å². The average molecular weight is 443 g/mol. The largest absolute Gasteiger partial charge is 0.497 e. The van der Waals surface area contributed by atoms with Gasteiger partial charge in [-0.3, -0.25) is 4.79 Å². The van der Waals surface area contributed by atoms with Gasteiger partial charge in [-0.25, -0.2) is 0 Å². The number of carbonyl (C=O) groups excluding carboxylic acids is 1. The smallest absolute Gasteiger partial charge is 0.317 e. The number of esters is 1. The van der Waals surface area contributed by atoms with Gasteiger partial charge < -0.3 is 29.2 Å². The zero-order valence-electron chi connectivity index (χ0n) is 18.0. The number of hydrogen-bond acceptors (Lipinski definition) is 6. The fourth-order valence-electron chi connectivity index (χ4n) is 4.29. The molecule has 4 rings (SSSR count). The molecule has 0 spiro atoms. The third-order valence-corrected chi connectivity index (χ3v) is 6.22. The van der Waals surface area contributed by atoms with Crippen LogP contribution >= 0.6 is 12.2 Å². The minimum Gasteiger partial charge on any atom is -0.497 e. The Morgan fingerprint density at radius 2 is 1.84 bits per heavy atom. The monoisotopic (exact) mass is 442 g/mol. The highest BCUT2D eigenvalue weighted by Crippen LogP contribution is 2.49. The van der Waals surface area contributed by atoms with E-state index in [4.69, 9.17) is 31.2 Å². The Labute approximate surface area is 187 Å². The number of ether oxygens (including phenoxy) is 4. The normalized spacial score (nSPS) is 23.9. The van der Waals surface area contributed by atoms with Crippen molar-refractivity contribution in [2.45, 2.75) is 32.2 Å². The standard InChI is InChI=1S/C23H26N2O5S/c1-5-29-21(26)19-20-17-12-16(28-4)10-11-18(17)30-23(19,2)25(22(31)24-20)13-14-6-8-15(27-3)9-7-14/h6-12,19-20H,5,13H2,1-4H3,(H,24,31)/t19-,20-,23-/m0/s1. The highest BCUT2D eigenvalue weighted by molar-refractivity contribution is 7.80. The molecule has 7 nitrogen and oxygen atoms in total. The minimum atomic E-state index is -1.03. The molecule has 8 heteroatoms. The van der Waals surface area contributed by atoms with Gasteiger partial charge in [-0.2, -0.15) is 0 Å². The van der Waals surface area contributed by atoms with E-state index >= 15 is 0 Å². The van der Waals surface area contributed by atoms with Gasteiger partial charge in [0.05, 0.1) is 26.9 Å². The van der Waals surface area contributed by atoms with Crippen LogP contribution < -0.4 is 19.5 Å². The van der Waals surface area contributed by atoms with Crippen molar-refractivity contribution in [3.05, 3.63) is 53.6 Å². The van der Waals surface area contributed by atoms with Crippen LogP contribution in [0.25, 0.3) is 0 Å². The first kappa shape index (κ1) is 21.2. The molecule has 2 heterocycles. The molecule has 164 valence electrons. The average Bonchev–Trinajstić information content (AvgIpc) is 2.76. The van der Waals surface area contributed by atoms with Crippen molar-refractivity contribution in [1.29, 1.82) is 0 Å². The van der Waals surface area contributed by atoms with E-state index in [1.165, 1.54) is 0 Å². The van der Waals surface area contributed by atoms with E-state index in [9.17, 15) is 4.79 Å². The molecule has 0 aromatic heterocycles. The summed E-state index contributed by atoms with van der Waals surface area (Å²) in [6.45, 7) is 4.43. The molecule has 2 aliphatic rings. The van der Waals surface area contributed by atoms with Crippen molar-refractivity contribution in [3.8, 4) is 17.2 Å². The highest BCUT2D eigenvalue weighted by Gasteiger charge is 2.59. The Morgan fingerprint density at radius 3 is 2.48 bits per heavy atom. The van der Waals surface area contributed by atoms with Crippen LogP contribution in [0.3, 0.4) is 0 Å². The predicted molar refractivity (Wildman–Crippen MR) is 119 cm³/mol. The number of fused-ring (bicyclic) bond motifs is 4. The first-order valence-electron chi connectivity index (χ1n) is 10.2. The fraction of sp³-hybridized carbons (Fsp3) is 0.391. The van der Waals surface area contributed by atoms with Gasteiger partial charge >= 0.3 is 5.97 Å². The SMILES string of the molecule is CCOC(=O)[C@@H]1[C@H]2NC(=S)N(Cc3ccc(OC)cc3)[C@@]1(C)Oc1ccc(OC)cc12. The van der Waals surface area contributed by atoms with Crippen LogP contribution in [-0.4, -0.2) is 42.5 Å². The summed E-state index contributed by atoms with van der Waals surface area (Å²) in [5.41, 5.74) is 0.804. The Hall–Kier alpha value is -3.00. The quantitative estimate of drug-likeness (QED) is 0.539. The maximum Gasteiger partial charge on any atom is 0.317 e. The first-order chi connectivity index (χ1) is 14.9. The molecule has 1 saturated heterocycles. The second-order valence-electron chi connectivity index (χ2n) is 7.65. The summed E-state index contributed by atoms with van der Waals surface area (Å²) in [6.07, 6.45) is 0. The summed E-state index contributed by atoms with van der Waals surface area (Å²) in [7, 11) is 3.24. The lowest BCUT2D eigenvalue weighted by Gasteiger charge is -2.55. The maximum absolute atomic E-state index is 13.1. The summed E-state index contributed by atoms with van der Waals surface area (Å²) in [6, 6.07) is 12.9. The highest BCUT2D eigenvalue weighted by atomic mass is 32.1. The Bertz CT molecular complexity index is 996. The molecule has 0 aliphatic carbocycles. The number of hydrogen-bond donors (Lipinski definition) is 1. The predicted octanol–water partition coefficient (Wildman–Crippen LogP) is 3.42. The van der Waals surface area contributed by atoms with Gasteiger partial charge in [0.2, 0.25) is 0 Å². The zero-order chi connectivity index (χ0) is 22.2. The van der Waals surface area contributed by atoms with Gasteiger partial charge in [0.25, 0.3) is 0 Å². The van der Waals surface area contributed by atoms with E-state index < -0.39 is 11.6 Å². The Kier molecular flexibility index (Phi) is 5.66. The van der Waals surface area contributed by atoms with Crippen molar-refractivity contribution in [1.82, 2.24) is 10.2 Å². The van der Waals surface area contributed by atoms with Crippen LogP contribution in [-0.2, 0) is 16.1 Å². The van der Waals surface area contributed by atoms with Gasteiger partial charge in [0.15, 0.2) is 10.8 Å². The first-order valence-corrected chi connectivity index (χ1v) is 10.6. The molecular formula is C23H26N2O5S. The van der Waals surface area contributed by atoms with Crippen LogP contribution in [0, 0.1) is 5.92 Å². The van der Waals surface area contributed by atoms with Crippen molar-refractivity contribution in [3.63, 3.8) is 0 Å². The summed E-state index contributed by atoms with van der Waals surface area (Å²) < 4.78 is 22.6. The molecule has 2 aromatic carbocycles. The van der Waals surface area contributed by atoms with E-state index in [-0.39, 0.29) is 18.6 Å². The number of nitrogens with one attached hydrogen (secondary N) is 1. The molecule has 2 aromatic rings. The number of nitrogens with zero attached hydrogens (tertiary/aromatic N) is 1. The van der Waals surface area contributed by atoms with E-state index in [1.54, 1.807) is 21.1 Å². The van der Waals surface area contributed by atoms with E-state index in [0.717, 1.165) is 16.9 Å². The molecule has 0 amide bonds. The maximum atomic E-state index is 13.1. The molecular weight excluding hydrogens is 416 g/mol. The molecule has 2 aliphatic heterocycles. The molecule has 0 radical (unpaired) electrons. The minimum absolute atomic E-state index is 0.284. The molecule has 3 atom stereocenters. The van der Waals surface area contributed by atoms with Gasteiger partial charge in [-0.15, -0.1) is 0 Å². The molecule has 0 saturated carbocycles. The second-order valence-corrected chi connectivity index (χ2v) is 8.04. The van der Waals surface area contributed by atoms with Gasteiger partial charge in [0.1, 0.15) is 23.2 Å². The third kappa shape index (κ3) is 3.65. The van der Waals surface area contributed by atoms with Crippen LogP contribution in [0.5, 0.6) is 17.2 Å². The lowest BCUT2D eigenvalue weighted by Crippen LogP contribution is -2.70. The molecule has 1 fully saturated rings. The fourth-order valence-corrected chi connectivity index (χ4v) is 4.66. The third-order valence-electron chi connectivity index (χ3n) is 5.88. The summed E-state index contributed by atoms with van der Waals surface area (Å²) in [4.78, 5) is 15.0.